The molecule has 3 rings (SSSR count). The van der Waals surface area contributed by atoms with Gasteiger partial charge < -0.3 is 10.4 Å². The Labute approximate surface area is 121 Å². The summed E-state index contributed by atoms with van der Waals surface area (Å²) >= 11 is 0. The van der Waals surface area contributed by atoms with Gasteiger partial charge in [-0.1, -0.05) is 18.2 Å². The third-order valence-electron chi connectivity index (χ3n) is 3.15. The first-order chi connectivity index (χ1) is 10.3. The van der Waals surface area contributed by atoms with E-state index in [1.165, 1.54) is 0 Å². The number of aliphatic hydroxyl groups is 1. The second-order valence-corrected chi connectivity index (χ2v) is 4.53. The molecule has 3 aromatic rings. The van der Waals surface area contributed by atoms with Crippen molar-refractivity contribution in [2.75, 3.05) is 13.2 Å². The Kier molecular flexibility index (Phi) is 3.61. The van der Waals surface area contributed by atoms with E-state index < -0.39 is 0 Å². The maximum absolute atomic E-state index is 11.9. The Hall–Kier alpha value is -2.73. The molecule has 0 unspecified atom stereocenters. The number of fused-ring (bicyclic) bond motifs is 1. The summed E-state index contributed by atoms with van der Waals surface area (Å²) in [6.07, 6.45) is 1.64. The first-order valence-corrected chi connectivity index (χ1v) is 6.58. The highest BCUT2D eigenvalue weighted by atomic mass is 16.3. The number of nitrogens with zero attached hydrogens (tertiary/aromatic N) is 3. The minimum atomic E-state index is -0.207. The van der Waals surface area contributed by atoms with Gasteiger partial charge in [-0.2, -0.15) is 0 Å². The van der Waals surface area contributed by atoms with Gasteiger partial charge in [0.2, 0.25) is 0 Å². The zero-order valence-electron chi connectivity index (χ0n) is 11.2. The molecule has 0 bridgehead atoms. The number of aliphatic hydroxyl groups excluding tert-OH is 1. The molecule has 0 radical (unpaired) electrons. The number of benzene rings is 1. The minimum Gasteiger partial charge on any atom is -0.395 e. The molecule has 106 valence electrons. The highest BCUT2D eigenvalue weighted by Crippen LogP contribution is 2.21. The number of aromatic nitrogens is 3. The van der Waals surface area contributed by atoms with Gasteiger partial charge >= 0.3 is 0 Å². The van der Waals surface area contributed by atoms with Gasteiger partial charge in [-0.3, -0.25) is 9.20 Å². The molecule has 0 aliphatic heterocycles. The third kappa shape index (κ3) is 2.61. The zero-order chi connectivity index (χ0) is 14.7. The van der Waals surface area contributed by atoms with Crippen LogP contribution in [0.4, 0.5) is 0 Å². The summed E-state index contributed by atoms with van der Waals surface area (Å²) in [4.78, 5) is 11.9. The predicted octanol–water partition coefficient (Wildman–Crippen LogP) is 1.12. The van der Waals surface area contributed by atoms with Crippen LogP contribution in [0.1, 0.15) is 10.4 Å². The lowest BCUT2D eigenvalue weighted by Gasteiger charge is -2.08. The average Bonchev–Trinajstić information content (AvgIpc) is 3.01. The number of rotatable bonds is 4. The van der Waals surface area contributed by atoms with Crippen LogP contribution in [-0.4, -0.2) is 38.8 Å². The van der Waals surface area contributed by atoms with Crippen molar-refractivity contribution in [3.63, 3.8) is 0 Å². The molecule has 0 atom stereocenters. The molecule has 1 amide bonds. The highest BCUT2D eigenvalue weighted by Gasteiger charge is 2.08. The maximum atomic E-state index is 11.9. The molecule has 0 fully saturated rings. The largest absolute Gasteiger partial charge is 0.395 e. The van der Waals surface area contributed by atoms with Crippen LogP contribution in [0.5, 0.6) is 0 Å². The molecular weight excluding hydrogens is 268 g/mol. The molecule has 0 saturated heterocycles. The summed E-state index contributed by atoms with van der Waals surface area (Å²) in [7, 11) is 0. The third-order valence-corrected chi connectivity index (χ3v) is 3.15. The summed E-state index contributed by atoms with van der Waals surface area (Å²) in [5.41, 5.74) is 3.11. The molecule has 0 aliphatic rings. The van der Waals surface area contributed by atoms with Crippen molar-refractivity contribution < 1.29 is 9.90 Å². The molecular formula is C15H14N4O2. The SMILES string of the molecule is O=C(NCCO)c1cccc(-c2cccc3nncn23)c1. The number of amides is 1. The summed E-state index contributed by atoms with van der Waals surface area (Å²) in [5.74, 6) is -0.207. The second kappa shape index (κ2) is 5.72. The Morgan fingerprint density at radius 3 is 2.95 bits per heavy atom. The minimum absolute atomic E-state index is 0.0779. The Morgan fingerprint density at radius 1 is 1.24 bits per heavy atom. The van der Waals surface area contributed by atoms with E-state index in [9.17, 15) is 4.79 Å². The fourth-order valence-electron chi connectivity index (χ4n) is 2.18. The van der Waals surface area contributed by atoms with E-state index in [-0.39, 0.29) is 19.1 Å². The molecule has 1 aromatic carbocycles. The molecule has 2 heterocycles. The number of hydrogen-bond acceptors (Lipinski definition) is 4. The van der Waals surface area contributed by atoms with Crippen LogP contribution in [0, 0.1) is 0 Å². The standard InChI is InChI=1S/C15H14N4O2/c20-8-7-16-15(21)12-4-1-3-11(9-12)13-5-2-6-14-18-17-10-19(13)14/h1-6,9-10,20H,7-8H2,(H,16,21). The van der Waals surface area contributed by atoms with Crippen molar-refractivity contribution >= 4 is 11.6 Å². The number of nitrogens with one attached hydrogen (secondary N) is 1. The molecule has 2 aromatic heterocycles. The number of carbonyl (C=O) groups excluding carboxylic acids is 1. The smallest absolute Gasteiger partial charge is 0.251 e. The van der Waals surface area contributed by atoms with Crippen LogP contribution in [0.25, 0.3) is 16.9 Å². The summed E-state index contributed by atoms with van der Waals surface area (Å²) in [5, 5.41) is 19.3. The topological polar surface area (TPSA) is 79.5 Å². The van der Waals surface area contributed by atoms with Gasteiger partial charge in [0, 0.05) is 12.1 Å². The van der Waals surface area contributed by atoms with Gasteiger partial charge in [0.25, 0.3) is 5.91 Å². The van der Waals surface area contributed by atoms with E-state index in [0.717, 1.165) is 16.9 Å². The zero-order valence-corrected chi connectivity index (χ0v) is 11.2. The lowest BCUT2D eigenvalue weighted by Crippen LogP contribution is -2.26. The van der Waals surface area contributed by atoms with E-state index in [1.54, 1.807) is 12.4 Å². The van der Waals surface area contributed by atoms with Crippen molar-refractivity contribution in [3.8, 4) is 11.3 Å². The molecule has 2 N–H and O–H groups in total. The predicted molar refractivity (Wildman–Crippen MR) is 77.8 cm³/mol. The normalized spacial score (nSPS) is 10.7. The Morgan fingerprint density at radius 2 is 2.10 bits per heavy atom. The molecule has 6 nitrogen and oxygen atoms in total. The van der Waals surface area contributed by atoms with Crippen LogP contribution in [0.15, 0.2) is 48.8 Å². The monoisotopic (exact) mass is 282 g/mol. The summed E-state index contributed by atoms with van der Waals surface area (Å²) < 4.78 is 1.87. The number of pyridine rings is 1. The number of hydrogen-bond donors (Lipinski definition) is 2. The van der Waals surface area contributed by atoms with Crippen molar-refractivity contribution in [1.29, 1.82) is 0 Å². The lowest BCUT2D eigenvalue weighted by molar-refractivity contribution is 0.0945. The quantitative estimate of drug-likeness (QED) is 0.751. The van der Waals surface area contributed by atoms with Gasteiger partial charge in [-0.25, -0.2) is 0 Å². The second-order valence-electron chi connectivity index (χ2n) is 4.53. The van der Waals surface area contributed by atoms with Crippen LogP contribution >= 0.6 is 0 Å². The summed E-state index contributed by atoms with van der Waals surface area (Å²) in [6, 6.07) is 13.0. The average molecular weight is 282 g/mol. The van der Waals surface area contributed by atoms with Gasteiger partial charge in [0.1, 0.15) is 6.33 Å². The van der Waals surface area contributed by atoms with E-state index in [4.69, 9.17) is 5.11 Å². The molecule has 0 saturated carbocycles. The van der Waals surface area contributed by atoms with Crippen LogP contribution < -0.4 is 5.32 Å². The first-order valence-electron chi connectivity index (χ1n) is 6.58. The number of carbonyl (C=O) groups is 1. The van der Waals surface area contributed by atoms with E-state index >= 15 is 0 Å². The van der Waals surface area contributed by atoms with Crippen molar-refractivity contribution in [2.24, 2.45) is 0 Å². The van der Waals surface area contributed by atoms with Crippen LogP contribution in [-0.2, 0) is 0 Å². The van der Waals surface area contributed by atoms with Crippen molar-refractivity contribution in [1.82, 2.24) is 19.9 Å². The van der Waals surface area contributed by atoms with E-state index in [1.807, 2.05) is 40.8 Å². The van der Waals surface area contributed by atoms with Gasteiger partial charge in [0.15, 0.2) is 5.65 Å². The van der Waals surface area contributed by atoms with E-state index in [0.29, 0.717) is 5.56 Å². The van der Waals surface area contributed by atoms with E-state index in [2.05, 4.69) is 15.5 Å². The van der Waals surface area contributed by atoms with Crippen molar-refractivity contribution in [3.05, 3.63) is 54.4 Å². The van der Waals surface area contributed by atoms with Gasteiger partial charge in [-0.15, -0.1) is 10.2 Å². The molecule has 0 spiro atoms. The van der Waals surface area contributed by atoms with Gasteiger partial charge in [-0.05, 0) is 29.8 Å². The first kappa shape index (κ1) is 13.3. The fraction of sp³-hybridized carbons (Fsp3) is 0.133. The highest BCUT2D eigenvalue weighted by molar-refractivity contribution is 5.95. The van der Waals surface area contributed by atoms with Crippen molar-refractivity contribution in [2.45, 2.75) is 0 Å². The van der Waals surface area contributed by atoms with Crippen LogP contribution in [0.3, 0.4) is 0 Å². The molecule has 21 heavy (non-hydrogen) atoms. The fourth-order valence-corrected chi connectivity index (χ4v) is 2.18. The molecule has 0 aliphatic carbocycles. The van der Waals surface area contributed by atoms with Crippen LogP contribution in [0.2, 0.25) is 0 Å². The summed E-state index contributed by atoms with van der Waals surface area (Å²) in [6.45, 7) is 0.162. The lowest BCUT2D eigenvalue weighted by atomic mass is 10.1. The Bertz CT molecular complexity index is 782. The Balaban J connectivity index is 2.00. The maximum Gasteiger partial charge on any atom is 0.251 e. The van der Waals surface area contributed by atoms with Gasteiger partial charge in [0.05, 0.1) is 12.3 Å². The molecule has 6 heteroatoms.